The van der Waals surface area contributed by atoms with Gasteiger partial charge in [0, 0.05) is 32.3 Å². The lowest BCUT2D eigenvalue weighted by atomic mass is 10.0. The van der Waals surface area contributed by atoms with Crippen LogP contribution in [-0.2, 0) is 9.59 Å². The number of halogens is 5. The molecule has 4 aromatic rings. The Morgan fingerprint density at radius 3 is 1.48 bits per heavy atom. The maximum atomic E-state index is 13.7. The molecule has 0 bridgehead atoms. The third-order valence-corrected chi connectivity index (χ3v) is 8.73. The lowest BCUT2D eigenvalue weighted by Crippen LogP contribution is -2.43. The van der Waals surface area contributed by atoms with Crippen molar-refractivity contribution in [2.24, 2.45) is 10.2 Å². The molecule has 0 saturated heterocycles. The summed E-state index contributed by atoms with van der Waals surface area (Å²) in [6, 6.07) is 17.2. The molecule has 0 aromatic heterocycles. The topological polar surface area (TPSA) is 219 Å². The molecule has 0 spiro atoms. The van der Waals surface area contributed by atoms with Crippen LogP contribution < -0.4 is 15.4 Å². The van der Waals surface area contributed by atoms with Crippen molar-refractivity contribution in [2.45, 2.75) is 77.3 Å². The fourth-order valence-electron chi connectivity index (χ4n) is 5.28. The minimum atomic E-state index is -0.935. The van der Waals surface area contributed by atoms with E-state index in [2.05, 4.69) is 37.6 Å². The molecule has 0 heterocycles. The summed E-state index contributed by atoms with van der Waals surface area (Å²) < 4.78 is 56.6. The highest BCUT2D eigenvalue weighted by atomic mass is 35.5. The largest absolute Gasteiger partial charge is 0.503 e. The second kappa shape index (κ2) is 28.0. The van der Waals surface area contributed by atoms with E-state index in [1.54, 1.807) is 24.3 Å². The molecule has 4 aromatic carbocycles. The number of benzene rings is 4. The van der Waals surface area contributed by atoms with E-state index in [1.165, 1.54) is 36.4 Å². The Morgan fingerprint density at radius 1 is 0.672 bits per heavy atom. The molecule has 0 aliphatic carbocycles. The van der Waals surface area contributed by atoms with Crippen LogP contribution in [0, 0.1) is 23.3 Å². The Hall–Kier alpha value is -6.61. The molecule has 0 radical (unpaired) electrons. The number of nitrogens with zero attached hydrogens (tertiary/aromatic N) is 6. The molecular formula is C42H45ClF4N8O6. The van der Waals surface area contributed by atoms with E-state index >= 15 is 0 Å². The number of ether oxygens (including phenoxy) is 1. The average molecular weight is 869 g/mol. The summed E-state index contributed by atoms with van der Waals surface area (Å²) >= 11 is 5.60. The van der Waals surface area contributed by atoms with E-state index in [9.17, 15) is 36.7 Å². The maximum Gasteiger partial charge on any atom is 0.251 e. The number of phenolic OH excluding ortho intramolecular Hbond substituents is 1. The van der Waals surface area contributed by atoms with Crippen LogP contribution in [0.1, 0.15) is 85.9 Å². The summed E-state index contributed by atoms with van der Waals surface area (Å²) in [5.41, 5.74) is 18.1. The van der Waals surface area contributed by atoms with Crippen LogP contribution in [0.5, 0.6) is 11.5 Å². The lowest BCUT2D eigenvalue weighted by molar-refractivity contribution is -0.123. The standard InChI is InChI=1S/C21H22F2N4O3.C15H19ClN4O2.C6H4F2O/c1-2-3-4-11-18(19(28)13-30-20-16(22)9-6-10-17(20)23)25-21(29)14-7-5-8-15(12-14)26-27-24;1-2-3-4-8-13(14(21)10-16)18-15(22)11-6-5-7-12(9-11)19-20-17;7-4-2-1-3-5(8)6(4)9/h5-10,12,18H,2-4,11,13H2,1H3,(H,25,29);5-7,9,13H,2-4,8,10H2,1H3,(H,18,22);1-3,9H/t18-;13-;/m00./s1. The van der Waals surface area contributed by atoms with Crippen LogP contribution in [0.3, 0.4) is 0 Å². The van der Waals surface area contributed by atoms with Gasteiger partial charge in [0.05, 0.1) is 18.0 Å². The molecule has 3 N–H and O–H groups in total. The van der Waals surface area contributed by atoms with E-state index in [0.29, 0.717) is 30.5 Å². The number of para-hydroxylation sites is 2. The van der Waals surface area contributed by atoms with Gasteiger partial charge in [0.2, 0.25) is 0 Å². The first kappa shape index (κ1) is 50.5. The van der Waals surface area contributed by atoms with Crippen LogP contribution in [0.4, 0.5) is 28.9 Å². The minimum absolute atomic E-state index is 0.129. The van der Waals surface area contributed by atoms with Gasteiger partial charge in [0.25, 0.3) is 11.8 Å². The maximum absolute atomic E-state index is 13.7. The predicted octanol–water partition coefficient (Wildman–Crippen LogP) is 11.0. The summed E-state index contributed by atoms with van der Waals surface area (Å²) in [6.07, 6.45) is 6.26. The molecule has 19 heteroatoms. The van der Waals surface area contributed by atoms with E-state index < -0.39 is 65.1 Å². The quantitative estimate of drug-likeness (QED) is 0.0196. The molecule has 0 fully saturated rings. The Bertz CT molecular complexity index is 2150. The highest BCUT2D eigenvalue weighted by molar-refractivity contribution is 6.28. The monoisotopic (exact) mass is 868 g/mol. The van der Waals surface area contributed by atoms with Gasteiger partial charge in [-0.2, -0.15) is 0 Å². The molecule has 0 aliphatic heterocycles. The first-order valence-corrected chi connectivity index (χ1v) is 19.6. The smallest absolute Gasteiger partial charge is 0.251 e. The minimum Gasteiger partial charge on any atom is -0.503 e. The molecule has 0 unspecified atom stereocenters. The van der Waals surface area contributed by atoms with Gasteiger partial charge in [-0.05, 0) is 72.4 Å². The van der Waals surface area contributed by atoms with E-state index in [0.717, 1.165) is 56.4 Å². The van der Waals surface area contributed by atoms with E-state index in [4.69, 9.17) is 32.5 Å². The van der Waals surface area contributed by atoms with Gasteiger partial charge in [0.1, 0.15) is 6.61 Å². The van der Waals surface area contributed by atoms with Gasteiger partial charge in [-0.25, -0.2) is 17.6 Å². The molecule has 2 amide bonds. The second-order valence-corrected chi connectivity index (χ2v) is 13.3. The number of carbonyl (C=O) groups is 4. The van der Waals surface area contributed by atoms with Gasteiger partial charge in [-0.1, -0.05) is 99.0 Å². The average Bonchev–Trinajstić information content (AvgIpc) is 3.25. The Balaban J connectivity index is 0.000000359. The third-order valence-electron chi connectivity index (χ3n) is 8.46. The zero-order chi connectivity index (χ0) is 45.2. The highest BCUT2D eigenvalue weighted by Crippen LogP contribution is 2.22. The van der Waals surface area contributed by atoms with Crippen LogP contribution in [0.25, 0.3) is 20.9 Å². The van der Waals surface area contributed by atoms with Crippen molar-refractivity contribution in [3.8, 4) is 11.5 Å². The molecule has 324 valence electrons. The van der Waals surface area contributed by atoms with Crippen molar-refractivity contribution in [1.82, 2.24) is 10.6 Å². The number of azide groups is 2. The molecule has 14 nitrogen and oxygen atoms in total. The number of carbonyl (C=O) groups excluding carboxylic acids is 4. The van der Waals surface area contributed by atoms with Crippen LogP contribution in [0.15, 0.2) is 95.2 Å². The predicted molar refractivity (Wildman–Crippen MR) is 222 cm³/mol. The molecular weight excluding hydrogens is 824 g/mol. The molecule has 2 atom stereocenters. The first-order chi connectivity index (χ1) is 29.3. The number of phenols is 1. The number of hydrogen-bond acceptors (Lipinski definition) is 8. The number of aromatic hydroxyl groups is 1. The summed E-state index contributed by atoms with van der Waals surface area (Å²) in [7, 11) is 0. The highest BCUT2D eigenvalue weighted by Gasteiger charge is 2.23. The van der Waals surface area contributed by atoms with Gasteiger partial charge in [-0.3, -0.25) is 19.2 Å². The zero-order valence-electron chi connectivity index (χ0n) is 33.4. The van der Waals surface area contributed by atoms with Crippen molar-refractivity contribution in [1.29, 1.82) is 0 Å². The summed E-state index contributed by atoms with van der Waals surface area (Å²) in [6.45, 7) is 3.48. The number of nitrogens with one attached hydrogen (secondary N) is 2. The fourth-order valence-corrected chi connectivity index (χ4v) is 5.46. The van der Waals surface area contributed by atoms with Gasteiger partial charge in [-0.15, -0.1) is 11.6 Å². The number of amides is 2. The summed E-state index contributed by atoms with van der Waals surface area (Å²) in [4.78, 5) is 54.6. The van der Waals surface area contributed by atoms with Gasteiger partial charge in [0.15, 0.2) is 46.3 Å². The molecule has 61 heavy (non-hydrogen) atoms. The van der Waals surface area contributed by atoms with Gasteiger partial charge < -0.3 is 20.5 Å². The van der Waals surface area contributed by atoms with Crippen molar-refractivity contribution < 1.29 is 46.6 Å². The Labute approximate surface area is 354 Å². The van der Waals surface area contributed by atoms with E-state index in [1.807, 2.05) is 6.92 Å². The van der Waals surface area contributed by atoms with Crippen LogP contribution in [0.2, 0.25) is 0 Å². The number of unbranched alkanes of at least 4 members (excludes halogenated alkanes) is 4. The number of alkyl halides is 1. The van der Waals surface area contributed by atoms with Crippen molar-refractivity contribution >= 4 is 46.4 Å². The molecule has 0 saturated carbocycles. The lowest BCUT2D eigenvalue weighted by Gasteiger charge is -2.18. The van der Waals surface area contributed by atoms with E-state index in [-0.39, 0.29) is 28.8 Å². The van der Waals surface area contributed by atoms with Gasteiger partial charge >= 0.3 is 0 Å². The molecule has 4 rings (SSSR count). The number of rotatable bonds is 20. The number of hydrogen-bond donors (Lipinski definition) is 3. The van der Waals surface area contributed by atoms with Crippen molar-refractivity contribution in [2.75, 3.05) is 12.5 Å². The van der Waals surface area contributed by atoms with Crippen LogP contribution >= 0.6 is 11.6 Å². The number of Topliss-reactive ketones (excluding diaryl/α,β-unsaturated/α-hetero) is 2. The summed E-state index contributed by atoms with van der Waals surface area (Å²) in [5, 5.41) is 20.7. The van der Waals surface area contributed by atoms with Crippen molar-refractivity contribution in [3.05, 3.63) is 140 Å². The Kier molecular flexibility index (Phi) is 23.2. The summed E-state index contributed by atoms with van der Waals surface area (Å²) in [5.74, 6) is -6.99. The third kappa shape index (κ3) is 18.0. The number of ketones is 2. The second-order valence-electron chi connectivity index (χ2n) is 13.0. The normalized spacial score (nSPS) is 11.1. The first-order valence-electron chi connectivity index (χ1n) is 19.0. The SMILES string of the molecule is CCCCC[C@H](NC(=O)c1cccc(N=[N+]=[N-])c1)C(=O)CCl.CCCCC[C@H](NC(=O)c1cccc(N=[N+]=[N-])c1)C(=O)COc1c(F)cccc1F.Oc1c(F)cccc1F. The van der Waals surface area contributed by atoms with Crippen molar-refractivity contribution in [3.63, 3.8) is 0 Å². The zero-order valence-corrected chi connectivity index (χ0v) is 34.1. The van der Waals surface area contributed by atoms with Crippen LogP contribution in [-0.4, -0.2) is 53.1 Å². The fraction of sp³-hybridized carbons (Fsp3) is 0.333. The Morgan fingerprint density at radius 2 is 1.08 bits per heavy atom. The molecule has 0 aliphatic rings.